The Kier molecular flexibility index (Phi) is 5.67. The molecule has 10 nitrogen and oxygen atoms in total. The van der Waals surface area contributed by atoms with Crippen LogP contribution in [0.3, 0.4) is 0 Å². The van der Waals surface area contributed by atoms with Gasteiger partial charge in [0.2, 0.25) is 12.2 Å². The molecule has 24 heavy (non-hydrogen) atoms. The highest BCUT2D eigenvalue weighted by atomic mass is 16.7. The standard InChI is InChI=1S/C14H18N2O8/c1-7(18)15-11-13(20)12(19)10(6-17)24-14(11)23-9-4-2-8(3-5-9)16(21)22/h2-5,10-14,17,19-20H,6H2,1H3,(H,15,18)/t10-,11-,12-,13-,14?/m1/s1. The lowest BCUT2D eigenvalue weighted by molar-refractivity contribution is -0.384. The summed E-state index contributed by atoms with van der Waals surface area (Å²) in [5.41, 5.74) is -0.131. The fourth-order valence-electron chi connectivity index (χ4n) is 2.35. The Balaban J connectivity index is 2.19. The number of nitrogens with zero attached hydrogens (tertiary/aromatic N) is 1. The van der Waals surface area contributed by atoms with Crippen molar-refractivity contribution in [3.63, 3.8) is 0 Å². The minimum Gasteiger partial charge on any atom is -0.463 e. The molecule has 0 saturated carbocycles. The van der Waals surface area contributed by atoms with Crippen LogP contribution in [-0.4, -0.2) is 63.4 Å². The Bertz CT molecular complexity index is 593. The van der Waals surface area contributed by atoms with Crippen LogP contribution in [0.1, 0.15) is 6.92 Å². The van der Waals surface area contributed by atoms with Crippen molar-refractivity contribution in [2.45, 2.75) is 37.6 Å². The van der Waals surface area contributed by atoms with Crippen LogP contribution >= 0.6 is 0 Å². The molecule has 1 aliphatic rings. The molecule has 0 radical (unpaired) electrons. The smallest absolute Gasteiger partial charge is 0.269 e. The third-order valence-electron chi connectivity index (χ3n) is 3.55. The van der Waals surface area contributed by atoms with Gasteiger partial charge in [-0.15, -0.1) is 0 Å². The zero-order chi connectivity index (χ0) is 17.9. The molecule has 4 N–H and O–H groups in total. The number of carbonyl (C=O) groups excluding carboxylic acids is 1. The SMILES string of the molecule is CC(=O)N[C@H]1C(Oc2ccc([N+](=O)[O-])cc2)O[C@H](CO)[C@@H](O)[C@@H]1O. The van der Waals surface area contributed by atoms with E-state index in [4.69, 9.17) is 9.47 Å². The first-order chi connectivity index (χ1) is 11.3. The molecule has 0 aromatic heterocycles. The number of hydrogen-bond acceptors (Lipinski definition) is 8. The van der Waals surface area contributed by atoms with Crippen molar-refractivity contribution < 1.29 is 34.5 Å². The van der Waals surface area contributed by atoms with Crippen LogP contribution in [0.5, 0.6) is 5.75 Å². The molecule has 1 aromatic rings. The van der Waals surface area contributed by atoms with Gasteiger partial charge in [0.15, 0.2) is 0 Å². The van der Waals surface area contributed by atoms with Crippen molar-refractivity contribution >= 4 is 11.6 Å². The quantitative estimate of drug-likeness (QED) is 0.389. The molecule has 10 heteroatoms. The largest absolute Gasteiger partial charge is 0.463 e. The maximum absolute atomic E-state index is 11.3. The van der Waals surface area contributed by atoms with Crippen molar-refractivity contribution in [1.82, 2.24) is 5.32 Å². The van der Waals surface area contributed by atoms with Gasteiger partial charge in [0, 0.05) is 19.1 Å². The topological polar surface area (TPSA) is 151 Å². The molecular weight excluding hydrogens is 324 g/mol. The van der Waals surface area contributed by atoms with Crippen LogP contribution in [0, 0.1) is 10.1 Å². The molecule has 5 atom stereocenters. The van der Waals surface area contributed by atoms with E-state index in [1.165, 1.54) is 31.2 Å². The molecule has 132 valence electrons. The fourth-order valence-corrected chi connectivity index (χ4v) is 2.35. The summed E-state index contributed by atoms with van der Waals surface area (Å²) in [5.74, 6) is -0.282. The number of nitrogens with one attached hydrogen (secondary N) is 1. The molecule has 0 bridgehead atoms. The molecule has 1 aliphatic heterocycles. The molecule has 1 fully saturated rings. The van der Waals surface area contributed by atoms with Gasteiger partial charge in [-0.2, -0.15) is 0 Å². The first-order valence-corrected chi connectivity index (χ1v) is 7.14. The Hall–Kier alpha value is -2.27. The molecule has 1 saturated heterocycles. The monoisotopic (exact) mass is 342 g/mol. The number of benzene rings is 1. The zero-order valence-electron chi connectivity index (χ0n) is 12.7. The van der Waals surface area contributed by atoms with Gasteiger partial charge in [0.05, 0.1) is 11.5 Å². The highest BCUT2D eigenvalue weighted by Crippen LogP contribution is 2.25. The predicted octanol–water partition coefficient (Wildman–Crippen LogP) is -1.08. The summed E-state index contributed by atoms with van der Waals surface area (Å²) in [6, 6.07) is 4.02. The van der Waals surface area contributed by atoms with Gasteiger partial charge in [0.25, 0.3) is 5.69 Å². The molecule has 1 amide bonds. The van der Waals surface area contributed by atoms with E-state index in [0.717, 1.165) is 0 Å². The number of hydrogen-bond donors (Lipinski definition) is 4. The van der Waals surface area contributed by atoms with Crippen LogP contribution in [0.2, 0.25) is 0 Å². The minimum atomic E-state index is -1.43. The number of carbonyl (C=O) groups is 1. The van der Waals surface area contributed by atoms with Gasteiger partial charge in [-0.25, -0.2) is 0 Å². The van der Waals surface area contributed by atoms with Crippen molar-refractivity contribution in [2.75, 3.05) is 6.61 Å². The zero-order valence-corrected chi connectivity index (χ0v) is 12.7. The van der Waals surface area contributed by atoms with Crippen molar-refractivity contribution in [1.29, 1.82) is 0 Å². The van der Waals surface area contributed by atoms with Gasteiger partial charge in [-0.05, 0) is 12.1 Å². The number of rotatable bonds is 5. The molecule has 1 aromatic carbocycles. The van der Waals surface area contributed by atoms with E-state index in [1.54, 1.807) is 0 Å². The van der Waals surface area contributed by atoms with Crippen LogP contribution in [0.4, 0.5) is 5.69 Å². The molecule has 0 aliphatic carbocycles. The van der Waals surface area contributed by atoms with E-state index in [9.17, 15) is 30.2 Å². The first-order valence-electron chi connectivity index (χ1n) is 7.14. The van der Waals surface area contributed by atoms with Crippen LogP contribution in [-0.2, 0) is 9.53 Å². The van der Waals surface area contributed by atoms with Crippen molar-refractivity contribution in [3.05, 3.63) is 34.4 Å². The van der Waals surface area contributed by atoms with Gasteiger partial charge in [-0.3, -0.25) is 14.9 Å². The Morgan fingerprint density at radius 2 is 1.96 bits per heavy atom. The highest BCUT2D eigenvalue weighted by molar-refractivity contribution is 5.73. The van der Waals surface area contributed by atoms with Crippen LogP contribution in [0.15, 0.2) is 24.3 Å². The summed E-state index contributed by atoms with van der Waals surface area (Å²) < 4.78 is 10.9. The lowest BCUT2D eigenvalue weighted by atomic mass is 9.97. The summed E-state index contributed by atoms with van der Waals surface area (Å²) in [6.45, 7) is 0.658. The van der Waals surface area contributed by atoms with E-state index in [-0.39, 0.29) is 11.4 Å². The Morgan fingerprint density at radius 1 is 1.33 bits per heavy atom. The Morgan fingerprint density at radius 3 is 2.46 bits per heavy atom. The lowest BCUT2D eigenvalue weighted by Crippen LogP contribution is -2.65. The van der Waals surface area contributed by atoms with Crippen LogP contribution in [0.25, 0.3) is 0 Å². The highest BCUT2D eigenvalue weighted by Gasteiger charge is 2.46. The summed E-state index contributed by atoms with van der Waals surface area (Å²) in [6.07, 6.45) is -5.15. The van der Waals surface area contributed by atoms with E-state index in [0.29, 0.717) is 0 Å². The van der Waals surface area contributed by atoms with Crippen molar-refractivity contribution in [2.24, 2.45) is 0 Å². The fraction of sp³-hybridized carbons (Fsp3) is 0.500. The number of nitro groups is 1. The number of aliphatic hydroxyl groups is 3. The van der Waals surface area contributed by atoms with E-state index in [2.05, 4.69) is 5.32 Å². The van der Waals surface area contributed by atoms with Crippen LogP contribution < -0.4 is 10.1 Å². The van der Waals surface area contributed by atoms with Gasteiger partial charge < -0.3 is 30.1 Å². The molecular formula is C14H18N2O8. The van der Waals surface area contributed by atoms with E-state index < -0.39 is 48.1 Å². The number of nitro benzene ring substituents is 1. The number of ether oxygens (including phenoxy) is 2. The summed E-state index contributed by atoms with van der Waals surface area (Å²) in [7, 11) is 0. The third kappa shape index (κ3) is 3.97. The molecule has 1 unspecified atom stereocenters. The normalized spacial score (nSPS) is 29.8. The number of non-ortho nitro benzene ring substituents is 1. The second-order valence-electron chi connectivity index (χ2n) is 5.30. The summed E-state index contributed by atoms with van der Waals surface area (Å²) in [5, 5.41) is 42.3. The van der Waals surface area contributed by atoms with E-state index in [1.807, 2.05) is 0 Å². The minimum absolute atomic E-state index is 0.131. The van der Waals surface area contributed by atoms with Gasteiger partial charge in [-0.1, -0.05) is 0 Å². The van der Waals surface area contributed by atoms with Gasteiger partial charge in [0.1, 0.15) is 30.1 Å². The Labute approximate surface area is 136 Å². The molecule has 1 heterocycles. The molecule has 0 spiro atoms. The predicted molar refractivity (Wildman–Crippen MR) is 79.1 cm³/mol. The number of amides is 1. The second kappa shape index (κ2) is 7.53. The number of aliphatic hydroxyl groups excluding tert-OH is 3. The second-order valence-corrected chi connectivity index (χ2v) is 5.30. The first kappa shape index (κ1) is 18.1. The summed E-state index contributed by atoms with van der Waals surface area (Å²) in [4.78, 5) is 21.4. The van der Waals surface area contributed by atoms with Crippen molar-refractivity contribution in [3.8, 4) is 5.75 Å². The average Bonchev–Trinajstić information content (AvgIpc) is 2.54. The molecule has 2 rings (SSSR count). The third-order valence-corrected chi connectivity index (χ3v) is 3.55. The van der Waals surface area contributed by atoms with E-state index >= 15 is 0 Å². The maximum atomic E-state index is 11.3. The summed E-state index contributed by atoms with van der Waals surface area (Å²) >= 11 is 0. The van der Waals surface area contributed by atoms with Gasteiger partial charge >= 0.3 is 0 Å². The lowest BCUT2D eigenvalue weighted by Gasteiger charge is -2.42. The maximum Gasteiger partial charge on any atom is 0.269 e. The average molecular weight is 342 g/mol.